The van der Waals surface area contributed by atoms with Crippen molar-refractivity contribution in [1.29, 1.82) is 0 Å². The van der Waals surface area contributed by atoms with E-state index in [1.165, 1.54) is 5.56 Å². The van der Waals surface area contributed by atoms with E-state index >= 15 is 0 Å². The number of benzene rings is 1. The number of hydrogen-bond donors (Lipinski definition) is 1. The van der Waals surface area contributed by atoms with Crippen LogP contribution in [-0.2, 0) is 6.42 Å². The van der Waals surface area contributed by atoms with Crippen LogP contribution in [-0.4, -0.2) is 40.2 Å². The summed E-state index contributed by atoms with van der Waals surface area (Å²) in [5.41, 5.74) is 4.53. The highest BCUT2D eigenvalue weighted by molar-refractivity contribution is 7.20. The Labute approximate surface area is 156 Å². The lowest BCUT2D eigenvalue weighted by Crippen LogP contribution is -2.08. The Morgan fingerprint density at radius 2 is 2.00 bits per heavy atom. The van der Waals surface area contributed by atoms with Crippen molar-refractivity contribution in [3.8, 4) is 11.3 Å². The van der Waals surface area contributed by atoms with E-state index in [2.05, 4.69) is 44.5 Å². The van der Waals surface area contributed by atoms with E-state index in [1.54, 1.807) is 11.3 Å². The van der Waals surface area contributed by atoms with Crippen molar-refractivity contribution in [2.45, 2.75) is 6.42 Å². The molecule has 26 heavy (non-hydrogen) atoms. The van der Waals surface area contributed by atoms with Crippen LogP contribution in [0.4, 0.5) is 10.8 Å². The second-order valence-electron chi connectivity index (χ2n) is 6.22. The van der Waals surface area contributed by atoms with Crippen molar-refractivity contribution >= 4 is 27.1 Å². The molecule has 0 saturated carbocycles. The molecule has 0 aliphatic heterocycles. The minimum absolute atomic E-state index is 0.826. The zero-order chi connectivity index (χ0) is 17.9. The number of fused-ring (bicyclic) bond motifs is 1. The molecule has 0 aliphatic carbocycles. The Balaban J connectivity index is 1.53. The molecule has 1 N–H and O–H groups in total. The summed E-state index contributed by atoms with van der Waals surface area (Å²) < 4.78 is 1.91. The molecule has 0 amide bonds. The molecule has 132 valence electrons. The fourth-order valence-corrected chi connectivity index (χ4v) is 3.57. The number of pyridine rings is 1. The first-order chi connectivity index (χ1) is 12.7. The maximum Gasteiger partial charge on any atom is 0.214 e. The van der Waals surface area contributed by atoms with Crippen LogP contribution in [0.15, 0.2) is 55.0 Å². The number of rotatable bonds is 6. The van der Waals surface area contributed by atoms with Crippen molar-refractivity contribution in [1.82, 2.24) is 19.6 Å². The van der Waals surface area contributed by atoms with E-state index in [9.17, 15) is 0 Å². The summed E-state index contributed by atoms with van der Waals surface area (Å²) in [7, 11) is 4.08. The summed E-state index contributed by atoms with van der Waals surface area (Å²) in [4.78, 5) is 11.5. The fourth-order valence-electron chi connectivity index (χ4n) is 2.77. The van der Waals surface area contributed by atoms with E-state index in [0.29, 0.717) is 0 Å². The van der Waals surface area contributed by atoms with Crippen molar-refractivity contribution in [3.63, 3.8) is 0 Å². The molecular weight excluding hydrogens is 344 g/mol. The van der Waals surface area contributed by atoms with Gasteiger partial charge in [-0.15, -0.1) is 5.10 Å². The number of hydrogen-bond acceptors (Lipinski definition) is 6. The molecule has 0 radical (unpaired) electrons. The molecule has 4 rings (SSSR count). The van der Waals surface area contributed by atoms with E-state index in [4.69, 9.17) is 5.10 Å². The highest BCUT2D eigenvalue weighted by Crippen LogP contribution is 2.28. The average Bonchev–Trinajstić information content (AvgIpc) is 3.23. The van der Waals surface area contributed by atoms with Gasteiger partial charge >= 0.3 is 0 Å². The third-order valence-electron chi connectivity index (χ3n) is 4.18. The van der Waals surface area contributed by atoms with Gasteiger partial charge in [-0.3, -0.25) is 4.98 Å². The molecule has 0 atom stereocenters. The molecule has 0 saturated heterocycles. The van der Waals surface area contributed by atoms with Crippen molar-refractivity contribution in [2.75, 3.05) is 30.9 Å². The molecule has 0 fully saturated rings. The molecular formula is C19H20N6S. The third-order valence-corrected chi connectivity index (χ3v) is 5.06. The standard InChI is InChI=1S/C19H20N6S/c1-24(2)16-5-3-4-15(12-16)17-13-22-19-25(17)23-18(26-19)21-11-8-14-6-9-20-10-7-14/h3-7,9-10,12-13H,8,11H2,1-2H3,(H,21,23). The Morgan fingerprint density at radius 1 is 1.15 bits per heavy atom. The first kappa shape index (κ1) is 16.5. The summed E-state index contributed by atoms with van der Waals surface area (Å²) in [6.45, 7) is 0.826. The number of aromatic nitrogens is 4. The van der Waals surface area contributed by atoms with Crippen molar-refractivity contribution < 1.29 is 0 Å². The highest BCUT2D eigenvalue weighted by Gasteiger charge is 2.12. The van der Waals surface area contributed by atoms with Crippen molar-refractivity contribution in [3.05, 3.63) is 60.6 Å². The summed E-state index contributed by atoms with van der Waals surface area (Å²) >= 11 is 1.57. The Kier molecular flexibility index (Phi) is 4.53. The molecule has 3 aromatic heterocycles. The summed E-state index contributed by atoms with van der Waals surface area (Å²) in [5, 5.41) is 8.97. The van der Waals surface area contributed by atoms with E-state index < -0.39 is 0 Å². The van der Waals surface area contributed by atoms with Gasteiger partial charge in [0, 0.05) is 44.3 Å². The Bertz CT molecular complexity index is 1010. The molecule has 0 bridgehead atoms. The number of imidazole rings is 1. The van der Waals surface area contributed by atoms with Crippen LogP contribution >= 0.6 is 11.3 Å². The van der Waals surface area contributed by atoms with Gasteiger partial charge in [0.25, 0.3) is 0 Å². The highest BCUT2D eigenvalue weighted by atomic mass is 32.1. The Morgan fingerprint density at radius 3 is 2.81 bits per heavy atom. The smallest absolute Gasteiger partial charge is 0.214 e. The molecule has 7 heteroatoms. The van der Waals surface area contributed by atoms with Gasteiger partial charge in [0.05, 0.1) is 11.9 Å². The van der Waals surface area contributed by atoms with Gasteiger partial charge < -0.3 is 10.2 Å². The second kappa shape index (κ2) is 7.13. The zero-order valence-electron chi connectivity index (χ0n) is 14.8. The zero-order valence-corrected chi connectivity index (χ0v) is 15.6. The van der Waals surface area contributed by atoms with E-state index in [1.807, 2.05) is 49.3 Å². The minimum atomic E-state index is 0.826. The Hall–Kier alpha value is -2.93. The first-order valence-electron chi connectivity index (χ1n) is 8.46. The van der Waals surface area contributed by atoms with Gasteiger partial charge in [-0.2, -0.15) is 0 Å². The quantitative estimate of drug-likeness (QED) is 0.567. The van der Waals surface area contributed by atoms with Gasteiger partial charge in [-0.05, 0) is 36.2 Å². The van der Waals surface area contributed by atoms with Crippen LogP contribution in [0.1, 0.15) is 5.56 Å². The topological polar surface area (TPSA) is 58.4 Å². The minimum Gasteiger partial charge on any atom is -0.378 e. The second-order valence-corrected chi connectivity index (χ2v) is 7.18. The summed E-state index contributed by atoms with van der Waals surface area (Å²) in [5.74, 6) is 0. The fraction of sp³-hybridized carbons (Fsp3) is 0.211. The monoisotopic (exact) mass is 364 g/mol. The molecule has 1 aromatic carbocycles. The van der Waals surface area contributed by atoms with Gasteiger partial charge in [0.2, 0.25) is 10.1 Å². The molecule has 6 nitrogen and oxygen atoms in total. The first-order valence-corrected chi connectivity index (χ1v) is 9.27. The predicted octanol–water partition coefficient (Wildman–Crippen LogP) is 3.57. The largest absolute Gasteiger partial charge is 0.378 e. The van der Waals surface area contributed by atoms with Gasteiger partial charge in [-0.25, -0.2) is 9.50 Å². The molecule has 4 aromatic rings. The van der Waals surface area contributed by atoms with Gasteiger partial charge in [-0.1, -0.05) is 23.5 Å². The predicted molar refractivity (Wildman–Crippen MR) is 107 cm³/mol. The van der Waals surface area contributed by atoms with Crippen LogP contribution in [0.25, 0.3) is 16.2 Å². The molecule has 0 spiro atoms. The number of nitrogens with zero attached hydrogens (tertiary/aromatic N) is 5. The van der Waals surface area contributed by atoms with Crippen LogP contribution in [0, 0.1) is 0 Å². The number of anilines is 2. The lowest BCUT2D eigenvalue weighted by molar-refractivity contribution is 0.951. The van der Waals surface area contributed by atoms with Crippen LogP contribution in [0.5, 0.6) is 0 Å². The average molecular weight is 364 g/mol. The van der Waals surface area contributed by atoms with Gasteiger partial charge in [0.1, 0.15) is 0 Å². The van der Waals surface area contributed by atoms with Gasteiger partial charge in [0.15, 0.2) is 0 Å². The lowest BCUT2D eigenvalue weighted by Gasteiger charge is -2.13. The lowest BCUT2D eigenvalue weighted by atomic mass is 10.1. The van der Waals surface area contributed by atoms with Crippen LogP contribution in [0.2, 0.25) is 0 Å². The SMILES string of the molecule is CN(C)c1cccc(-c2cnc3sc(NCCc4ccncc4)nn23)c1. The third kappa shape index (κ3) is 3.39. The normalized spacial score (nSPS) is 11.0. The number of nitrogens with one attached hydrogen (secondary N) is 1. The van der Waals surface area contributed by atoms with E-state index in [0.717, 1.165) is 40.0 Å². The molecule has 0 aliphatic rings. The van der Waals surface area contributed by atoms with Crippen LogP contribution < -0.4 is 10.2 Å². The van der Waals surface area contributed by atoms with Crippen LogP contribution in [0.3, 0.4) is 0 Å². The van der Waals surface area contributed by atoms with Crippen molar-refractivity contribution in [2.24, 2.45) is 0 Å². The maximum absolute atomic E-state index is 4.69. The summed E-state index contributed by atoms with van der Waals surface area (Å²) in [6, 6.07) is 12.5. The molecule has 3 heterocycles. The summed E-state index contributed by atoms with van der Waals surface area (Å²) in [6.07, 6.45) is 6.46. The van der Waals surface area contributed by atoms with E-state index in [-0.39, 0.29) is 0 Å². The maximum atomic E-state index is 4.69. The molecule has 0 unspecified atom stereocenters.